The third kappa shape index (κ3) is 8.08. The lowest BCUT2D eigenvalue weighted by Gasteiger charge is -2.30. The Kier molecular flexibility index (Phi) is 9.81. The first-order valence-electron chi connectivity index (χ1n) is 15.6. The number of carbonyl (C=O) groups is 5. The molecule has 3 fully saturated rings. The van der Waals surface area contributed by atoms with Crippen LogP contribution in [-0.4, -0.2) is 103 Å². The van der Waals surface area contributed by atoms with E-state index in [1.807, 2.05) is 12.2 Å². The van der Waals surface area contributed by atoms with Crippen molar-refractivity contribution >= 4 is 39.9 Å². The van der Waals surface area contributed by atoms with Crippen molar-refractivity contribution in [2.75, 3.05) is 20.6 Å². The van der Waals surface area contributed by atoms with Crippen LogP contribution in [0.15, 0.2) is 12.2 Å². The smallest absolute Gasteiger partial charge is 0.409 e. The minimum absolute atomic E-state index is 0.0507. The lowest BCUT2D eigenvalue weighted by Crippen LogP contribution is -2.58. The molecule has 14 nitrogen and oxygen atoms in total. The van der Waals surface area contributed by atoms with Gasteiger partial charge in [0.1, 0.15) is 29.3 Å². The monoisotopic (exact) mass is 653 g/mol. The molecule has 0 aromatic rings. The van der Waals surface area contributed by atoms with Gasteiger partial charge in [0.05, 0.1) is 11.3 Å². The number of carbonyl (C=O) groups excluding carboxylic acids is 5. The van der Waals surface area contributed by atoms with Gasteiger partial charge in [-0.1, -0.05) is 25.0 Å². The van der Waals surface area contributed by atoms with Gasteiger partial charge in [-0.05, 0) is 66.2 Å². The summed E-state index contributed by atoms with van der Waals surface area (Å²) in [5, 5.41) is 5.45. The highest BCUT2D eigenvalue weighted by atomic mass is 32.2. The van der Waals surface area contributed by atoms with E-state index in [9.17, 15) is 32.4 Å². The van der Waals surface area contributed by atoms with E-state index >= 15 is 0 Å². The second-order valence-electron chi connectivity index (χ2n) is 14.1. The number of alkyl carbamates (subject to hydrolysis) is 1. The lowest BCUT2D eigenvalue weighted by atomic mass is 10.0. The Morgan fingerprint density at radius 2 is 1.80 bits per heavy atom. The molecule has 45 heavy (non-hydrogen) atoms. The van der Waals surface area contributed by atoms with Gasteiger partial charge in [-0.2, -0.15) is 0 Å². The molecule has 0 aromatic heterocycles. The Morgan fingerprint density at radius 1 is 1.11 bits per heavy atom. The average Bonchev–Trinajstić information content (AvgIpc) is 3.80. The largest absolute Gasteiger partial charge is 0.444 e. The van der Waals surface area contributed by atoms with Crippen molar-refractivity contribution in [3.05, 3.63) is 12.2 Å². The maximum absolute atomic E-state index is 14.0. The molecule has 5 atom stereocenters. The summed E-state index contributed by atoms with van der Waals surface area (Å²) in [4.78, 5) is 69.2. The van der Waals surface area contributed by atoms with Gasteiger partial charge in [0, 0.05) is 26.4 Å². The molecular formula is C30H47N5O9S. The van der Waals surface area contributed by atoms with E-state index < -0.39 is 79.9 Å². The molecule has 15 heteroatoms. The highest BCUT2D eigenvalue weighted by Crippen LogP contribution is 2.47. The van der Waals surface area contributed by atoms with Gasteiger partial charge in [-0.15, -0.1) is 0 Å². The van der Waals surface area contributed by atoms with Crippen LogP contribution in [0.1, 0.15) is 85.5 Å². The number of rotatable bonds is 5. The quantitative estimate of drug-likeness (QED) is 0.374. The molecule has 1 saturated heterocycles. The third-order valence-electron chi connectivity index (χ3n) is 8.80. The van der Waals surface area contributed by atoms with Gasteiger partial charge < -0.3 is 29.9 Å². The number of amides is 5. The molecule has 2 aliphatic carbocycles. The van der Waals surface area contributed by atoms with Crippen molar-refractivity contribution in [3.8, 4) is 0 Å². The van der Waals surface area contributed by atoms with Crippen LogP contribution in [0.2, 0.25) is 0 Å². The molecule has 0 spiro atoms. The first kappa shape index (κ1) is 34.5. The van der Waals surface area contributed by atoms with Crippen LogP contribution in [0.4, 0.5) is 9.59 Å². The Balaban J connectivity index is 1.63. The molecule has 252 valence electrons. The van der Waals surface area contributed by atoms with Crippen molar-refractivity contribution in [2.45, 2.75) is 120 Å². The van der Waals surface area contributed by atoms with Gasteiger partial charge in [0.15, 0.2) is 0 Å². The maximum atomic E-state index is 14.0. The van der Waals surface area contributed by atoms with E-state index in [1.54, 1.807) is 27.7 Å². The van der Waals surface area contributed by atoms with Gasteiger partial charge >= 0.3 is 12.2 Å². The zero-order valence-corrected chi connectivity index (χ0v) is 27.8. The number of sulfonamides is 1. The second kappa shape index (κ2) is 12.8. The van der Waals surface area contributed by atoms with Crippen molar-refractivity contribution in [1.82, 2.24) is 25.2 Å². The summed E-state index contributed by atoms with van der Waals surface area (Å²) >= 11 is 0. The Hall–Kier alpha value is -3.36. The fourth-order valence-corrected chi connectivity index (χ4v) is 6.96. The van der Waals surface area contributed by atoms with E-state index in [-0.39, 0.29) is 19.4 Å². The Labute approximate surface area is 265 Å². The van der Waals surface area contributed by atoms with Crippen LogP contribution in [-0.2, 0) is 33.9 Å². The lowest BCUT2D eigenvalue weighted by molar-refractivity contribution is -0.141. The summed E-state index contributed by atoms with van der Waals surface area (Å²) < 4.78 is 38.0. The highest BCUT2D eigenvalue weighted by molar-refractivity contribution is 7.91. The minimum atomic E-state index is -3.97. The van der Waals surface area contributed by atoms with Crippen molar-refractivity contribution in [1.29, 1.82) is 0 Å². The van der Waals surface area contributed by atoms with Crippen LogP contribution in [0.3, 0.4) is 0 Å². The Morgan fingerprint density at radius 3 is 2.42 bits per heavy atom. The van der Waals surface area contributed by atoms with E-state index in [2.05, 4.69) is 15.4 Å². The van der Waals surface area contributed by atoms with Crippen LogP contribution < -0.4 is 15.4 Å². The molecule has 4 aliphatic rings. The van der Waals surface area contributed by atoms with Crippen molar-refractivity contribution in [3.63, 3.8) is 0 Å². The first-order chi connectivity index (χ1) is 20.9. The predicted octanol–water partition coefficient (Wildman–Crippen LogP) is 1.94. The molecule has 2 saturated carbocycles. The molecule has 2 heterocycles. The molecule has 3 N–H and O–H groups in total. The van der Waals surface area contributed by atoms with Gasteiger partial charge in [0.2, 0.25) is 21.8 Å². The molecule has 0 unspecified atom stereocenters. The fourth-order valence-electron chi connectivity index (χ4n) is 5.64. The molecular weight excluding hydrogens is 606 g/mol. The summed E-state index contributed by atoms with van der Waals surface area (Å²) in [6, 6.07) is -2.17. The summed E-state index contributed by atoms with van der Waals surface area (Å²) in [7, 11) is -0.956. The number of nitrogens with zero attached hydrogens (tertiary/aromatic N) is 2. The van der Waals surface area contributed by atoms with E-state index in [1.165, 1.54) is 23.9 Å². The van der Waals surface area contributed by atoms with E-state index in [4.69, 9.17) is 9.47 Å². The van der Waals surface area contributed by atoms with Crippen molar-refractivity contribution < 1.29 is 41.9 Å². The summed E-state index contributed by atoms with van der Waals surface area (Å²) in [5.41, 5.74) is -2.33. The topological polar surface area (TPSA) is 181 Å². The third-order valence-corrected chi connectivity index (χ3v) is 11.0. The second-order valence-corrected chi connectivity index (χ2v) is 16.3. The number of fused-ring (bicyclic) bond motifs is 2. The fraction of sp³-hybridized carbons (Fsp3) is 0.767. The number of nitrogens with one attached hydrogen (secondary N) is 3. The zero-order chi connectivity index (χ0) is 33.4. The molecule has 5 amide bonds. The van der Waals surface area contributed by atoms with Crippen molar-refractivity contribution in [2.24, 2.45) is 5.92 Å². The summed E-state index contributed by atoms with van der Waals surface area (Å²) in [6.45, 7) is 6.57. The number of hydrogen-bond acceptors (Lipinski definition) is 9. The van der Waals surface area contributed by atoms with E-state index in [0.29, 0.717) is 32.1 Å². The molecule has 0 bridgehead atoms. The van der Waals surface area contributed by atoms with Crippen LogP contribution in [0.5, 0.6) is 0 Å². The molecule has 2 aliphatic heterocycles. The minimum Gasteiger partial charge on any atom is -0.444 e. The number of ether oxygens (including phenoxy) is 2. The van der Waals surface area contributed by atoms with E-state index in [0.717, 1.165) is 12.8 Å². The SMILES string of the molecule is CN(C)C(=O)O[C@@H]1C[C@H]2C(=O)N[C@]3(C(=O)NS(=O)(=O)C4(C)CC4)C[C@H]3/C=C\CCCCC[C@H](NC(=O)OC(C)(C)C)C(=O)N2C1. The normalized spacial score (nSPS) is 30.7. The van der Waals surface area contributed by atoms with Crippen LogP contribution >= 0.6 is 0 Å². The highest BCUT2D eigenvalue weighted by Gasteiger charge is 2.63. The Bertz CT molecular complexity index is 1340. The summed E-state index contributed by atoms with van der Waals surface area (Å²) in [6.07, 6.45) is 5.61. The standard InChI is InChI=1S/C30H47N5O9S/c1-28(2,3)44-26(39)31-21-13-11-9-7-8-10-12-19-17-30(19,25(38)33-45(41,42)29(4)14-15-29)32-23(36)22-16-20(18-35(22)24(21)37)43-27(40)34(5)6/h10,12,19-22H,7-9,11,13-18H2,1-6H3,(H,31,39)(H,32,36)(H,33,38)/b12-10-/t19-,20-,21+,22+,30-/m1/s1. The first-order valence-corrected chi connectivity index (χ1v) is 17.1. The van der Waals surface area contributed by atoms with Crippen LogP contribution in [0.25, 0.3) is 0 Å². The molecule has 0 radical (unpaired) electrons. The van der Waals surface area contributed by atoms with Crippen LogP contribution in [0, 0.1) is 5.92 Å². The van der Waals surface area contributed by atoms with Gasteiger partial charge in [0.25, 0.3) is 5.91 Å². The number of hydrogen-bond donors (Lipinski definition) is 3. The van der Waals surface area contributed by atoms with Gasteiger partial charge in [-0.25, -0.2) is 18.0 Å². The predicted molar refractivity (Wildman–Crippen MR) is 163 cm³/mol. The van der Waals surface area contributed by atoms with Gasteiger partial charge in [-0.3, -0.25) is 19.1 Å². The molecule has 4 rings (SSSR count). The zero-order valence-electron chi connectivity index (χ0n) is 27.0. The number of allylic oxidation sites excluding steroid dienone is 1. The molecule has 0 aromatic carbocycles. The summed E-state index contributed by atoms with van der Waals surface area (Å²) in [5.74, 6) is -2.49. The maximum Gasteiger partial charge on any atom is 0.409 e. The average molecular weight is 654 g/mol.